The van der Waals surface area contributed by atoms with Crippen LogP contribution in [0.4, 0.5) is 0 Å². The van der Waals surface area contributed by atoms with Crippen molar-refractivity contribution in [1.29, 1.82) is 0 Å². The normalized spacial score (nSPS) is 14.4. The van der Waals surface area contributed by atoms with Gasteiger partial charge in [0.15, 0.2) is 0 Å². The lowest BCUT2D eigenvalue weighted by molar-refractivity contribution is 0.633. The lowest BCUT2D eigenvalue weighted by atomic mass is 9.52. The summed E-state index contributed by atoms with van der Waals surface area (Å²) in [5, 5.41) is 7.53. The highest BCUT2D eigenvalue weighted by molar-refractivity contribution is 6.24. The highest BCUT2D eigenvalue weighted by Crippen LogP contribution is 2.68. The molecule has 2 heteroatoms. The molecule has 0 amide bonds. The number of para-hydroxylation sites is 2. The average molecular weight is 861 g/mol. The van der Waals surface area contributed by atoms with E-state index in [2.05, 4.69) is 252 Å². The topological polar surface area (TPSA) is 9.86 Å². The highest BCUT2D eigenvalue weighted by atomic mass is 15.0. The minimum Gasteiger partial charge on any atom is -0.309 e. The average Bonchev–Trinajstić information content (AvgIpc) is 4.11. The minimum absolute atomic E-state index is 0.482. The number of rotatable bonds is 2. The molecular formula is C66H40N2. The molecule has 2 aromatic heterocycles. The Balaban J connectivity index is 1.04. The summed E-state index contributed by atoms with van der Waals surface area (Å²) >= 11 is 0. The molecule has 68 heavy (non-hydrogen) atoms. The Kier molecular flexibility index (Phi) is 6.98. The monoisotopic (exact) mass is 860 g/mol. The van der Waals surface area contributed by atoms with Gasteiger partial charge in [0, 0.05) is 38.3 Å². The standard InChI is InChI=1S/C66H40N2/c1-2-19-42(20-3-1)67-59-33-17-9-24-47(59)50-40-43(35-38-60(50)67)68-61-39-37-58-62(63(61)49-36-34-41-18-4-5-21-44(41)64(49)68)48-25-8-12-28-53(48)66(58)56-31-15-13-29-54(56)65(55-30-14-16-32-57(55)66)51-26-10-6-22-45(51)46-23-7-11-27-52(46)65/h1-40H. The van der Waals surface area contributed by atoms with Gasteiger partial charge in [0.1, 0.15) is 0 Å². The van der Waals surface area contributed by atoms with Gasteiger partial charge in [-0.1, -0.05) is 200 Å². The minimum atomic E-state index is -0.575. The van der Waals surface area contributed by atoms with Crippen LogP contribution < -0.4 is 0 Å². The molecule has 11 aromatic carbocycles. The molecule has 0 unspecified atom stereocenters. The zero-order valence-corrected chi connectivity index (χ0v) is 37.0. The van der Waals surface area contributed by atoms with Gasteiger partial charge in [-0.05, 0) is 115 Å². The third kappa shape index (κ3) is 4.22. The van der Waals surface area contributed by atoms with Crippen LogP contribution >= 0.6 is 0 Å². The van der Waals surface area contributed by atoms with Crippen molar-refractivity contribution in [3.8, 4) is 33.6 Å². The zero-order valence-electron chi connectivity index (χ0n) is 37.0. The summed E-state index contributed by atoms with van der Waals surface area (Å²) in [5.41, 5.74) is 22.2. The van der Waals surface area contributed by atoms with Crippen molar-refractivity contribution in [3.05, 3.63) is 287 Å². The molecule has 0 atom stereocenters. The fraction of sp³-hybridized carbons (Fsp3) is 0.0303. The quantitative estimate of drug-likeness (QED) is 0.164. The molecule has 3 aliphatic carbocycles. The van der Waals surface area contributed by atoms with Gasteiger partial charge >= 0.3 is 0 Å². The summed E-state index contributed by atoms with van der Waals surface area (Å²) in [6.07, 6.45) is 0. The van der Waals surface area contributed by atoms with Crippen LogP contribution in [-0.2, 0) is 10.8 Å². The summed E-state index contributed by atoms with van der Waals surface area (Å²) in [4.78, 5) is 0. The molecule has 13 aromatic rings. The Morgan fingerprint density at radius 2 is 0.765 bits per heavy atom. The maximum Gasteiger partial charge on any atom is 0.0720 e. The van der Waals surface area contributed by atoms with Gasteiger partial charge in [0.25, 0.3) is 0 Å². The predicted octanol–water partition coefficient (Wildman–Crippen LogP) is 16.1. The second-order valence-electron chi connectivity index (χ2n) is 19.0. The molecule has 0 fully saturated rings. The van der Waals surface area contributed by atoms with E-state index < -0.39 is 10.8 Å². The van der Waals surface area contributed by atoms with Crippen LogP contribution in [0.3, 0.4) is 0 Å². The van der Waals surface area contributed by atoms with Crippen molar-refractivity contribution in [2.24, 2.45) is 0 Å². The second-order valence-corrected chi connectivity index (χ2v) is 19.0. The summed E-state index contributed by atoms with van der Waals surface area (Å²) in [5.74, 6) is 0. The first-order valence-corrected chi connectivity index (χ1v) is 23.9. The lowest BCUT2D eigenvalue weighted by Gasteiger charge is -2.48. The molecule has 0 radical (unpaired) electrons. The van der Waals surface area contributed by atoms with Gasteiger partial charge in [-0.25, -0.2) is 0 Å². The molecular weight excluding hydrogens is 821 g/mol. The van der Waals surface area contributed by atoms with Gasteiger partial charge in [0.2, 0.25) is 0 Å². The maximum absolute atomic E-state index is 2.57. The van der Waals surface area contributed by atoms with Crippen LogP contribution in [0.1, 0.15) is 44.5 Å². The molecule has 0 saturated heterocycles. The number of nitrogens with zero attached hydrogens (tertiary/aromatic N) is 2. The third-order valence-corrected chi connectivity index (χ3v) is 16.2. The van der Waals surface area contributed by atoms with Crippen molar-refractivity contribution < 1.29 is 0 Å². The molecule has 2 heterocycles. The molecule has 3 aliphatic rings. The van der Waals surface area contributed by atoms with E-state index >= 15 is 0 Å². The van der Waals surface area contributed by atoms with Crippen LogP contribution in [0.25, 0.3) is 88.0 Å². The van der Waals surface area contributed by atoms with Gasteiger partial charge < -0.3 is 9.13 Å². The van der Waals surface area contributed by atoms with E-state index in [4.69, 9.17) is 0 Å². The molecule has 2 nitrogen and oxygen atoms in total. The van der Waals surface area contributed by atoms with E-state index in [0.717, 1.165) is 11.4 Å². The van der Waals surface area contributed by atoms with E-state index in [-0.39, 0.29) is 0 Å². The lowest BCUT2D eigenvalue weighted by Crippen LogP contribution is -2.43. The predicted molar refractivity (Wildman–Crippen MR) is 281 cm³/mol. The summed E-state index contributed by atoms with van der Waals surface area (Å²) in [6, 6.07) is 91.8. The van der Waals surface area contributed by atoms with Crippen molar-refractivity contribution in [2.75, 3.05) is 0 Å². The fourth-order valence-electron chi connectivity index (χ4n) is 13.8. The molecule has 0 bridgehead atoms. The zero-order chi connectivity index (χ0) is 44.3. The van der Waals surface area contributed by atoms with Crippen LogP contribution in [0.5, 0.6) is 0 Å². The first-order chi connectivity index (χ1) is 33.8. The third-order valence-electron chi connectivity index (χ3n) is 16.2. The molecule has 314 valence electrons. The SMILES string of the molecule is c1ccc(-n2c3ccccc3c3cc(-n4c5ccc6c(c5c5ccc7ccccc7c54)-c4ccccc4C64c5ccccc5C5(c6ccccc6-c6ccccc65)c5ccccc54)ccc32)cc1. The van der Waals surface area contributed by atoms with Crippen LogP contribution in [-0.4, -0.2) is 9.13 Å². The molecule has 16 rings (SSSR count). The van der Waals surface area contributed by atoms with Crippen molar-refractivity contribution in [1.82, 2.24) is 9.13 Å². The Morgan fingerprint density at radius 3 is 1.44 bits per heavy atom. The van der Waals surface area contributed by atoms with E-state index in [1.165, 1.54) is 121 Å². The number of aromatic nitrogens is 2. The second kappa shape index (κ2) is 13.0. The summed E-state index contributed by atoms with van der Waals surface area (Å²) < 4.78 is 4.98. The number of benzene rings is 11. The largest absolute Gasteiger partial charge is 0.309 e. The van der Waals surface area contributed by atoms with E-state index in [1.54, 1.807) is 0 Å². The Bertz CT molecular complexity index is 4240. The maximum atomic E-state index is 2.57. The number of hydrogen-bond donors (Lipinski definition) is 0. The van der Waals surface area contributed by atoms with Crippen LogP contribution in [0.15, 0.2) is 243 Å². The van der Waals surface area contributed by atoms with Crippen molar-refractivity contribution >= 4 is 54.4 Å². The van der Waals surface area contributed by atoms with E-state index in [9.17, 15) is 0 Å². The van der Waals surface area contributed by atoms with Crippen LogP contribution in [0, 0.1) is 0 Å². The Labute approximate surface area is 393 Å². The first kappa shape index (κ1) is 36.5. The highest BCUT2D eigenvalue weighted by Gasteiger charge is 2.59. The smallest absolute Gasteiger partial charge is 0.0720 e. The molecule has 0 N–H and O–H groups in total. The van der Waals surface area contributed by atoms with Gasteiger partial charge in [-0.2, -0.15) is 0 Å². The van der Waals surface area contributed by atoms with Crippen LogP contribution in [0.2, 0.25) is 0 Å². The number of fused-ring (bicyclic) bond motifs is 25. The van der Waals surface area contributed by atoms with E-state index in [0.29, 0.717) is 0 Å². The molecule has 0 saturated carbocycles. The fourth-order valence-corrected chi connectivity index (χ4v) is 13.8. The Hall–Kier alpha value is -8.72. The van der Waals surface area contributed by atoms with Gasteiger partial charge in [-0.3, -0.25) is 0 Å². The van der Waals surface area contributed by atoms with E-state index in [1.807, 2.05) is 0 Å². The van der Waals surface area contributed by atoms with Crippen molar-refractivity contribution in [3.63, 3.8) is 0 Å². The Morgan fingerprint density at radius 1 is 0.265 bits per heavy atom. The number of hydrogen-bond acceptors (Lipinski definition) is 0. The van der Waals surface area contributed by atoms with Crippen molar-refractivity contribution in [2.45, 2.75) is 10.8 Å². The first-order valence-electron chi connectivity index (χ1n) is 23.9. The summed E-state index contributed by atoms with van der Waals surface area (Å²) in [6.45, 7) is 0. The summed E-state index contributed by atoms with van der Waals surface area (Å²) in [7, 11) is 0. The molecule has 0 aliphatic heterocycles. The van der Waals surface area contributed by atoms with Gasteiger partial charge in [0.05, 0.1) is 32.9 Å². The van der Waals surface area contributed by atoms with Gasteiger partial charge in [-0.15, -0.1) is 0 Å². The molecule has 2 spiro atoms.